The molecular formula is C22H27NO7. The first-order valence-electron chi connectivity index (χ1n) is 9.88. The third kappa shape index (κ3) is 3.67. The molecule has 8 heteroatoms. The molecule has 1 saturated heterocycles. The lowest BCUT2D eigenvalue weighted by Gasteiger charge is -2.40. The summed E-state index contributed by atoms with van der Waals surface area (Å²) in [5.41, 5.74) is -0.224. The Morgan fingerprint density at radius 3 is 2.53 bits per heavy atom. The van der Waals surface area contributed by atoms with E-state index in [0.29, 0.717) is 24.5 Å². The number of amides is 1. The number of esters is 1. The van der Waals surface area contributed by atoms with Crippen LogP contribution in [0.25, 0.3) is 0 Å². The molecule has 0 N–H and O–H groups in total. The molecule has 1 fully saturated rings. The number of carbonyl (C=O) groups is 3. The molecule has 1 aromatic rings. The summed E-state index contributed by atoms with van der Waals surface area (Å²) in [4.78, 5) is 39.4. The van der Waals surface area contributed by atoms with Gasteiger partial charge in [-0.3, -0.25) is 14.4 Å². The number of allylic oxidation sites excluding steroid dienone is 1. The molecule has 0 saturated carbocycles. The SMILES string of the molecule is CCOC(=O)[C@@H]1C(=O)N(CCc2ccc(OC)c(OC)c2)[C@@]2(OC)C=CC(=O)C[C@@H]12. The zero-order valence-corrected chi connectivity index (χ0v) is 17.7. The maximum Gasteiger partial charge on any atom is 0.318 e. The fraction of sp³-hybridized carbons (Fsp3) is 0.500. The monoisotopic (exact) mass is 417 g/mol. The average Bonchev–Trinajstić information content (AvgIpc) is 2.99. The van der Waals surface area contributed by atoms with Gasteiger partial charge in [0, 0.05) is 26.0 Å². The maximum absolute atomic E-state index is 13.3. The summed E-state index contributed by atoms with van der Waals surface area (Å²) in [5, 5.41) is 0. The Morgan fingerprint density at radius 2 is 1.90 bits per heavy atom. The van der Waals surface area contributed by atoms with Gasteiger partial charge < -0.3 is 23.8 Å². The minimum Gasteiger partial charge on any atom is -0.493 e. The van der Waals surface area contributed by atoms with E-state index in [2.05, 4.69) is 0 Å². The quantitative estimate of drug-likeness (QED) is 0.470. The fourth-order valence-electron chi connectivity index (χ4n) is 4.31. The molecule has 1 amide bonds. The van der Waals surface area contributed by atoms with Crippen LogP contribution >= 0.6 is 0 Å². The van der Waals surface area contributed by atoms with Gasteiger partial charge in [-0.25, -0.2) is 0 Å². The summed E-state index contributed by atoms with van der Waals surface area (Å²) in [5.74, 6) is -1.64. The maximum atomic E-state index is 13.3. The lowest BCUT2D eigenvalue weighted by molar-refractivity contribution is -0.153. The van der Waals surface area contributed by atoms with E-state index in [1.807, 2.05) is 12.1 Å². The zero-order chi connectivity index (χ0) is 21.9. The number of likely N-dealkylation sites (tertiary alicyclic amines) is 1. The smallest absolute Gasteiger partial charge is 0.318 e. The molecule has 3 atom stereocenters. The van der Waals surface area contributed by atoms with E-state index in [-0.39, 0.29) is 24.7 Å². The number of hydrogen-bond acceptors (Lipinski definition) is 7. The second-order valence-electron chi connectivity index (χ2n) is 7.23. The lowest BCUT2D eigenvalue weighted by Crippen LogP contribution is -2.52. The lowest BCUT2D eigenvalue weighted by atomic mass is 9.80. The number of fused-ring (bicyclic) bond motifs is 1. The zero-order valence-electron chi connectivity index (χ0n) is 17.7. The van der Waals surface area contributed by atoms with E-state index in [1.54, 1.807) is 38.2 Å². The number of rotatable bonds is 8. The normalized spacial score (nSPS) is 25.3. The third-order valence-electron chi connectivity index (χ3n) is 5.76. The highest BCUT2D eigenvalue weighted by Gasteiger charge is 2.62. The molecule has 2 aliphatic rings. The molecule has 0 unspecified atom stereocenters. The number of benzene rings is 1. The van der Waals surface area contributed by atoms with E-state index < -0.39 is 23.5 Å². The van der Waals surface area contributed by atoms with Crippen LogP contribution in [0.1, 0.15) is 18.9 Å². The minimum atomic E-state index is -1.15. The van der Waals surface area contributed by atoms with E-state index in [1.165, 1.54) is 13.2 Å². The highest BCUT2D eigenvalue weighted by molar-refractivity contribution is 6.03. The number of ketones is 1. The Hall–Kier alpha value is -2.87. The van der Waals surface area contributed by atoms with Gasteiger partial charge in [-0.2, -0.15) is 0 Å². The topological polar surface area (TPSA) is 91.4 Å². The van der Waals surface area contributed by atoms with Crippen molar-refractivity contribution in [1.82, 2.24) is 4.90 Å². The predicted octanol–water partition coefficient (Wildman–Crippen LogP) is 1.76. The van der Waals surface area contributed by atoms with Gasteiger partial charge >= 0.3 is 5.97 Å². The second-order valence-corrected chi connectivity index (χ2v) is 7.23. The molecule has 1 heterocycles. The first-order valence-corrected chi connectivity index (χ1v) is 9.88. The number of carbonyl (C=O) groups excluding carboxylic acids is 3. The van der Waals surface area contributed by atoms with Gasteiger partial charge in [0.2, 0.25) is 5.91 Å². The van der Waals surface area contributed by atoms with Crippen molar-refractivity contribution in [2.45, 2.75) is 25.5 Å². The van der Waals surface area contributed by atoms with Crippen molar-refractivity contribution >= 4 is 17.7 Å². The van der Waals surface area contributed by atoms with Crippen LogP contribution in [0.4, 0.5) is 0 Å². The van der Waals surface area contributed by atoms with E-state index in [9.17, 15) is 14.4 Å². The molecule has 30 heavy (non-hydrogen) atoms. The molecule has 1 aromatic carbocycles. The summed E-state index contributed by atoms with van der Waals surface area (Å²) in [6, 6.07) is 5.54. The molecule has 0 radical (unpaired) electrons. The molecule has 1 aliphatic carbocycles. The van der Waals surface area contributed by atoms with Crippen molar-refractivity contribution in [3.8, 4) is 11.5 Å². The summed E-state index contributed by atoms with van der Waals surface area (Å²) in [6.07, 6.45) is 3.56. The van der Waals surface area contributed by atoms with Crippen LogP contribution in [0.15, 0.2) is 30.4 Å². The predicted molar refractivity (Wildman–Crippen MR) is 107 cm³/mol. The van der Waals surface area contributed by atoms with Gasteiger partial charge in [0.15, 0.2) is 23.0 Å². The Balaban J connectivity index is 1.90. The van der Waals surface area contributed by atoms with Crippen LogP contribution < -0.4 is 9.47 Å². The van der Waals surface area contributed by atoms with Crippen LogP contribution in [0.2, 0.25) is 0 Å². The van der Waals surface area contributed by atoms with Crippen LogP contribution in [-0.2, 0) is 30.3 Å². The summed E-state index contributed by atoms with van der Waals surface area (Å²) in [6.45, 7) is 2.14. The number of nitrogens with zero attached hydrogens (tertiary/aromatic N) is 1. The van der Waals surface area contributed by atoms with Crippen molar-refractivity contribution < 1.29 is 33.3 Å². The van der Waals surface area contributed by atoms with Crippen molar-refractivity contribution in [2.24, 2.45) is 11.8 Å². The molecule has 3 rings (SSSR count). The Morgan fingerprint density at radius 1 is 1.17 bits per heavy atom. The first kappa shape index (κ1) is 21.8. The fourth-order valence-corrected chi connectivity index (χ4v) is 4.31. The summed E-state index contributed by atoms with van der Waals surface area (Å²) in [7, 11) is 4.61. The number of ether oxygens (including phenoxy) is 4. The van der Waals surface area contributed by atoms with Crippen LogP contribution in [0, 0.1) is 11.8 Å². The van der Waals surface area contributed by atoms with E-state index >= 15 is 0 Å². The summed E-state index contributed by atoms with van der Waals surface area (Å²) >= 11 is 0. The Labute approximate surface area is 175 Å². The van der Waals surface area contributed by atoms with Gasteiger partial charge in [0.05, 0.1) is 20.8 Å². The molecule has 0 aromatic heterocycles. The molecular weight excluding hydrogens is 390 g/mol. The molecule has 0 spiro atoms. The van der Waals surface area contributed by atoms with Crippen LogP contribution in [-0.4, -0.2) is 62.8 Å². The Kier molecular flexibility index (Phi) is 6.45. The van der Waals surface area contributed by atoms with Crippen molar-refractivity contribution in [3.63, 3.8) is 0 Å². The van der Waals surface area contributed by atoms with E-state index in [4.69, 9.17) is 18.9 Å². The largest absolute Gasteiger partial charge is 0.493 e. The number of methoxy groups -OCH3 is 3. The van der Waals surface area contributed by atoms with Crippen molar-refractivity contribution in [2.75, 3.05) is 34.5 Å². The third-order valence-corrected chi connectivity index (χ3v) is 5.76. The number of hydrogen-bond donors (Lipinski definition) is 0. The first-order chi connectivity index (χ1) is 14.4. The highest BCUT2D eigenvalue weighted by atomic mass is 16.5. The van der Waals surface area contributed by atoms with Crippen molar-refractivity contribution in [3.05, 3.63) is 35.9 Å². The van der Waals surface area contributed by atoms with E-state index in [0.717, 1.165) is 5.56 Å². The van der Waals surface area contributed by atoms with Gasteiger partial charge in [0.25, 0.3) is 0 Å². The highest BCUT2D eigenvalue weighted by Crippen LogP contribution is 2.46. The standard InChI is InChI=1S/C22H27NO7/c1-5-30-21(26)19-16-13-15(24)8-10-22(16,29-4)23(20(19)25)11-9-14-6-7-17(27-2)18(12-14)28-3/h6-8,10,12,16,19H,5,9,11,13H2,1-4H3/t16-,19-,22+/m0/s1. The Bertz CT molecular complexity index is 865. The molecule has 8 nitrogen and oxygen atoms in total. The minimum absolute atomic E-state index is 0.0480. The van der Waals surface area contributed by atoms with Gasteiger partial charge in [-0.05, 0) is 43.2 Å². The summed E-state index contributed by atoms with van der Waals surface area (Å²) < 4.78 is 21.5. The van der Waals surface area contributed by atoms with Crippen LogP contribution in [0.5, 0.6) is 11.5 Å². The molecule has 1 aliphatic heterocycles. The second kappa shape index (κ2) is 8.87. The van der Waals surface area contributed by atoms with Crippen LogP contribution in [0.3, 0.4) is 0 Å². The molecule has 0 bridgehead atoms. The average molecular weight is 417 g/mol. The molecule has 162 valence electrons. The van der Waals surface area contributed by atoms with Crippen molar-refractivity contribution in [1.29, 1.82) is 0 Å². The van der Waals surface area contributed by atoms with Gasteiger partial charge in [-0.15, -0.1) is 0 Å². The van der Waals surface area contributed by atoms with Gasteiger partial charge in [0.1, 0.15) is 5.92 Å². The van der Waals surface area contributed by atoms with Gasteiger partial charge in [-0.1, -0.05) is 6.07 Å².